The highest BCUT2D eigenvalue weighted by Gasteiger charge is 2.31. The first-order valence-electron chi connectivity index (χ1n) is 12.2. The number of piperidine rings is 1. The number of likely N-dealkylation sites (tertiary alicyclic amines) is 1. The molecule has 5 nitrogen and oxygen atoms in total. The van der Waals surface area contributed by atoms with Crippen LogP contribution in [-0.2, 0) is 12.8 Å². The molecule has 1 aromatic heterocycles. The molecule has 2 aliphatic rings. The van der Waals surface area contributed by atoms with Crippen molar-refractivity contribution in [1.29, 1.82) is 0 Å². The minimum absolute atomic E-state index is 0.0844. The highest BCUT2D eigenvalue weighted by Crippen LogP contribution is 2.29. The summed E-state index contributed by atoms with van der Waals surface area (Å²) in [5, 5.41) is 0. The average Bonchev–Trinajstić information content (AvgIpc) is 3.22. The van der Waals surface area contributed by atoms with Crippen LogP contribution in [0.4, 0.5) is 0 Å². The van der Waals surface area contributed by atoms with Gasteiger partial charge < -0.3 is 9.80 Å². The van der Waals surface area contributed by atoms with Crippen LogP contribution in [0.25, 0.3) is 0 Å². The van der Waals surface area contributed by atoms with E-state index in [2.05, 4.69) is 58.0 Å². The van der Waals surface area contributed by atoms with Crippen molar-refractivity contribution in [2.75, 3.05) is 46.8 Å². The summed E-state index contributed by atoms with van der Waals surface area (Å²) in [6, 6.07) is 15.3. The van der Waals surface area contributed by atoms with E-state index < -0.39 is 0 Å². The lowest BCUT2D eigenvalue weighted by molar-refractivity contribution is 0.0655. The van der Waals surface area contributed by atoms with E-state index in [9.17, 15) is 4.79 Å². The molecule has 0 N–H and O–H groups in total. The Balaban J connectivity index is 1.34. The monoisotopic (exact) mass is 434 g/mol. The molecular formula is C27H38N4O. The predicted octanol–water partition coefficient (Wildman–Crippen LogP) is 3.66. The van der Waals surface area contributed by atoms with Gasteiger partial charge >= 0.3 is 0 Å². The zero-order valence-electron chi connectivity index (χ0n) is 20.0. The van der Waals surface area contributed by atoms with Crippen molar-refractivity contribution in [1.82, 2.24) is 19.7 Å². The van der Waals surface area contributed by atoms with Gasteiger partial charge in [0.1, 0.15) is 5.69 Å². The maximum absolute atomic E-state index is 13.3. The quantitative estimate of drug-likeness (QED) is 0.636. The maximum Gasteiger partial charge on any atom is 0.272 e. The van der Waals surface area contributed by atoms with Crippen molar-refractivity contribution >= 4 is 5.91 Å². The van der Waals surface area contributed by atoms with Crippen molar-refractivity contribution in [3.05, 3.63) is 65.0 Å². The lowest BCUT2D eigenvalue weighted by Crippen LogP contribution is -2.45. The summed E-state index contributed by atoms with van der Waals surface area (Å²) in [4.78, 5) is 24.7. The molecule has 1 aliphatic carbocycles. The molecule has 4 rings (SSSR count). The Kier molecular flexibility index (Phi) is 7.59. The number of pyridine rings is 1. The smallest absolute Gasteiger partial charge is 0.272 e. The molecule has 1 aliphatic heterocycles. The van der Waals surface area contributed by atoms with Gasteiger partial charge in [-0.05, 0) is 102 Å². The lowest BCUT2D eigenvalue weighted by Gasteiger charge is -2.38. The molecule has 1 fully saturated rings. The van der Waals surface area contributed by atoms with E-state index >= 15 is 0 Å². The first kappa shape index (κ1) is 22.9. The van der Waals surface area contributed by atoms with Crippen LogP contribution in [0.5, 0.6) is 0 Å². The van der Waals surface area contributed by atoms with E-state index in [4.69, 9.17) is 0 Å². The molecule has 0 spiro atoms. The minimum atomic E-state index is 0.0844. The van der Waals surface area contributed by atoms with Crippen molar-refractivity contribution in [3.8, 4) is 0 Å². The van der Waals surface area contributed by atoms with Gasteiger partial charge in [-0.3, -0.25) is 9.69 Å². The molecule has 1 amide bonds. The second-order valence-corrected chi connectivity index (χ2v) is 9.88. The van der Waals surface area contributed by atoms with Gasteiger partial charge in [0.05, 0.1) is 0 Å². The third-order valence-corrected chi connectivity index (χ3v) is 7.10. The molecule has 1 aromatic carbocycles. The minimum Gasteiger partial charge on any atom is -0.337 e. The van der Waals surface area contributed by atoms with Gasteiger partial charge in [-0.2, -0.15) is 0 Å². The summed E-state index contributed by atoms with van der Waals surface area (Å²) in [6.07, 6.45) is 5.71. The van der Waals surface area contributed by atoms with E-state index in [1.165, 1.54) is 36.8 Å². The van der Waals surface area contributed by atoms with Gasteiger partial charge in [-0.25, -0.2) is 4.98 Å². The van der Waals surface area contributed by atoms with Crippen molar-refractivity contribution in [2.45, 2.75) is 45.1 Å². The third-order valence-electron chi connectivity index (χ3n) is 7.10. The second kappa shape index (κ2) is 10.6. The number of benzene rings is 1. The van der Waals surface area contributed by atoms with Crippen LogP contribution < -0.4 is 0 Å². The van der Waals surface area contributed by atoms with Crippen molar-refractivity contribution in [2.24, 2.45) is 5.92 Å². The zero-order valence-corrected chi connectivity index (χ0v) is 20.0. The summed E-state index contributed by atoms with van der Waals surface area (Å²) in [6.45, 7) is 6.87. The Hall–Kier alpha value is -2.24. The predicted molar refractivity (Wildman–Crippen MR) is 130 cm³/mol. The number of nitrogens with zero attached hydrogens (tertiary/aromatic N) is 4. The van der Waals surface area contributed by atoms with E-state index in [-0.39, 0.29) is 5.91 Å². The summed E-state index contributed by atoms with van der Waals surface area (Å²) >= 11 is 0. The molecule has 1 saturated heterocycles. The van der Waals surface area contributed by atoms with E-state index in [1.807, 2.05) is 25.1 Å². The van der Waals surface area contributed by atoms with Crippen LogP contribution >= 0.6 is 0 Å². The molecule has 2 aromatic rings. The number of carbonyl (C=O) groups excluding carboxylic acids is 1. The molecule has 0 unspecified atom stereocenters. The first-order chi connectivity index (χ1) is 15.5. The molecule has 172 valence electrons. The standard InChI is InChI=1S/C27H38N4O/c1-21-8-6-11-26(28-21)27(32)31(15-7-14-29(2)3)20-22-12-16-30(17-13-22)25-18-23-9-4-5-10-24(23)19-25/h4-6,8-11,22,25H,7,12-20H2,1-3H3. The fourth-order valence-electron chi connectivity index (χ4n) is 5.28. The number of aryl methyl sites for hydroxylation is 1. The lowest BCUT2D eigenvalue weighted by atomic mass is 9.94. The Labute approximate surface area is 193 Å². The van der Waals surface area contributed by atoms with Crippen molar-refractivity contribution in [3.63, 3.8) is 0 Å². The average molecular weight is 435 g/mol. The van der Waals surface area contributed by atoms with Crippen LogP contribution in [0.2, 0.25) is 0 Å². The Morgan fingerprint density at radius 3 is 2.31 bits per heavy atom. The third kappa shape index (κ3) is 5.76. The summed E-state index contributed by atoms with van der Waals surface area (Å²) in [7, 11) is 4.18. The van der Waals surface area contributed by atoms with Gasteiger partial charge in [0.25, 0.3) is 5.91 Å². The Morgan fingerprint density at radius 2 is 1.69 bits per heavy atom. The molecule has 2 heterocycles. The van der Waals surface area contributed by atoms with Gasteiger partial charge in [-0.1, -0.05) is 30.3 Å². The van der Waals surface area contributed by atoms with E-state index in [0.717, 1.165) is 44.8 Å². The SMILES string of the molecule is Cc1cccc(C(=O)N(CCCN(C)C)CC2CCN(C3Cc4ccccc4C3)CC2)n1. The number of hydrogen-bond donors (Lipinski definition) is 0. The Morgan fingerprint density at radius 1 is 1.00 bits per heavy atom. The number of hydrogen-bond acceptors (Lipinski definition) is 4. The van der Waals surface area contributed by atoms with Crippen LogP contribution in [0, 0.1) is 12.8 Å². The van der Waals surface area contributed by atoms with E-state index in [1.54, 1.807) is 0 Å². The topological polar surface area (TPSA) is 39.7 Å². The molecule has 0 saturated carbocycles. The fraction of sp³-hybridized carbons (Fsp3) is 0.556. The number of aromatic nitrogens is 1. The Bertz CT molecular complexity index is 879. The fourth-order valence-corrected chi connectivity index (χ4v) is 5.28. The van der Waals surface area contributed by atoms with Gasteiger partial charge in [0, 0.05) is 24.8 Å². The normalized spacial score (nSPS) is 17.6. The van der Waals surface area contributed by atoms with Crippen LogP contribution in [-0.4, -0.2) is 78.5 Å². The number of rotatable bonds is 8. The molecule has 5 heteroatoms. The van der Waals surface area contributed by atoms with Gasteiger partial charge in [-0.15, -0.1) is 0 Å². The van der Waals surface area contributed by atoms with Gasteiger partial charge in [0.2, 0.25) is 0 Å². The maximum atomic E-state index is 13.3. The largest absolute Gasteiger partial charge is 0.337 e. The highest BCUT2D eigenvalue weighted by atomic mass is 16.2. The number of amides is 1. The van der Waals surface area contributed by atoms with Crippen LogP contribution in [0.1, 0.15) is 46.6 Å². The summed E-state index contributed by atoms with van der Waals surface area (Å²) < 4.78 is 0. The molecular weight excluding hydrogens is 396 g/mol. The van der Waals surface area contributed by atoms with Gasteiger partial charge in [0.15, 0.2) is 0 Å². The molecule has 0 radical (unpaired) electrons. The second-order valence-electron chi connectivity index (χ2n) is 9.88. The molecule has 32 heavy (non-hydrogen) atoms. The highest BCUT2D eigenvalue weighted by molar-refractivity contribution is 5.92. The van der Waals surface area contributed by atoms with E-state index in [0.29, 0.717) is 17.7 Å². The number of carbonyl (C=O) groups is 1. The first-order valence-corrected chi connectivity index (χ1v) is 12.2. The van der Waals surface area contributed by atoms with Crippen molar-refractivity contribution < 1.29 is 4.79 Å². The van der Waals surface area contributed by atoms with Crippen LogP contribution in [0.3, 0.4) is 0 Å². The summed E-state index contributed by atoms with van der Waals surface area (Å²) in [5.41, 5.74) is 4.54. The molecule has 0 bridgehead atoms. The number of fused-ring (bicyclic) bond motifs is 1. The van der Waals surface area contributed by atoms with Crippen LogP contribution in [0.15, 0.2) is 42.5 Å². The zero-order chi connectivity index (χ0) is 22.5. The molecule has 0 atom stereocenters. The summed E-state index contributed by atoms with van der Waals surface area (Å²) in [5.74, 6) is 0.657.